The molecular weight excluding hydrogens is 242 g/mol. The molecule has 0 saturated heterocycles. The van der Waals surface area contributed by atoms with E-state index < -0.39 is 11.3 Å². The molecule has 0 radical (unpaired) electrons. The number of oxazole rings is 1. The summed E-state index contributed by atoms with van der Waals surface area (Å²) >= 11 is 0. The second-order valence-corrected chi connectivity index (χ2v) is 5.19. The molecule has 0 aliphatic heterocycles. The summed E-state index contributed by atoms with van der Waals surface area (Å²) in [6.45, 7) is 4.55. The number of likely N-dealkylation sites (N-methyl/N-ethyl adjacent to an activating group) is 1. The third-order valence-electron chi connectivity index (χ3n) is 3.45. The minimum atomic E-state index is -0.481. The van der Waals surface area contributed by atoms with E-state index in [0.29, 0.717) is 11.1 Å². The van der Waals surface area contributed by atoms with Crippen molar-refractivity contribution in [1.82, 2.24) is 9.88 Å². The zero-order valence-electron chi connectivity index (χ0n) is 11.4. The van der Waals surface area contributed by atoms with Crippen molar-refractivity contribution >= 4 is 11.1 Å². The fraction of sp³-hybridized carbons (Fsp3) is 0.429. The van der Waals surface area contributed by atoms with Crippen molar-refractivity contribution in [2.75, 3.05) is 13.6 Å². The highest BCUT2D eigenvalue weighted by atomic mass is 16.4. The highest BCUT2D eigenvalue weighted by Crippen LogP contribution is 2.15. The van der Waals surface area contributed by atoms with Gasteiger partial charge in [-0.05, 0) is 45.0 Å². The van der Waals surface area contributed by atoms with Gasteiger partial charge >= 0.3 is 5.76 Å². The van der Waals surface area contributed by atoms with Gasteiger partial charge in [-0.15, -0.1) is 0 Å². The van der Waals surface area contributed by atoms with Gasteiger partial charge in [-0.1, -0.05) is 6.07 Å². The Bertz CT molecular complexity index is 676. The van der Waals surface area contributed by atoms with E-state index in [4.69, 9.17) is 9.68 Å². The number of nitrogens with zero attached hydrogens (tertiary/aromatic N) is 2. The largest absolute Gasteiger partial charge is 0.417 e. The minimum absolute atomic E-state index is 0.435. The molecule has 0 atom stereocenters. The summed E-state index contributed by atoms with van der Waals surface area (Å²) in [5.41, 5.74) is 1.88. The van der Waals surface area contributed by atoms with Crippen LogP contribution < -0.4 is 5.76 Å². The highest BCUT2D eigenvalue weighted by Gasteiger charge is 2.22. The van der Waals surface area contributed by atoms with E-state index in [1.54, 1.807) is 0 Å². The van der Waals surface area contributed by atoms with Gasteiger partial charge in [0.05, 0.1) is 11.6 Å². The van der Waals surface area contributed by atoms with Crippen LogP contribution in [0.5, 0.6) is 0 Å². The summed E-state index contributed by atoms with van der Waals surface area (Å²) in [7, 11) is 1.93. The molecule has 1 aromatic carbocycles. The lowest BCUT2D eigenvalue weighted by atomic mass is 10.0. The Morgan fingerprint density at radius 1 is 1.47 bits per heavy atom. The SMILES string of the molecule is CN(CCc1ccc2[nH]c(=O)oc2c1)C(C)(C)C#N. The van der Waals surface area contributed by atoms with Crippen LogP contribution in [0.15, 0.2) is 27.4 Å². The van der Waals surface area contributed by atoms with Crippen LogP contribution in [0.1, 0.15) is 19.4 Å². The highest BCUT2D eigenvalue weighted by molar-refractivity contribution is 5.72. The fourth-order valence-corrected chi connectivity index (χ4v) is 1.81. The van der Waals surface area contributed by atoms with Crippen LogP contribution in [0, 0.1) is 11.3 Å². The van der Waals surface area contributed by atoms with Crippen molar-refractivity contribution < 1.29 is 4.42 Å². The normalized spacial score (nSPS) is 11.9. The van der Waals surface area contributed by atoms with Gasteiger partial charge in [0.15, 0.2) is 5.58 Å². The number of H-pyrrole nitrogens is 1. The quantitative estimate of drug-likeness (QED) is 0.910. The fourth-order valence-electron chi connectivity index (χ4n) is 1.81. The number of nitrogens with one attached hydrogen (secondary N) is 1. The first-order valence-electron chi connectivity index (χ1n) is 6.16. The summed E-state index contributed by atoms with van der Waals surface area (Å²) < 4.78 is 5.03. The molecule has 1 aromatic heterocycles. The summed E-state index contributed by atoms with van der Waals surface area (Å²) in [6, 6.07) is 7.93. The molecule has 1 N–H and O–H groups in total. The van der Waals surface area contributed by atoms with E-state index in [1.165, 1.54) is 0 Å². The Labute approximate surface area is 111 Å². The Balaban J connectivity index is 2.10. The smallest absolute Gasteiger partial charge is 0.408 e. The van der Waals surface area contributed by atoms with Crippen molar-refractivity contribution in [3.05, 3.63) is 34.3 Å². The number of aromatic nitrogens is 1. The molecule has 19 heavy (non-hydrogen) atoms. The monoisotopic (exact) mass is 259 g/mol. The molecule has 2 aromatic rings. The molecule has 1 heterocycles. The van der Waals surface area contributed by atoms with Gasteiger partial charge in [-0.3, -0.25) is 9.88 Å². The molecule has 0 saturated carbocycles. The summed E-state index contributed by atoms with van der Waals surface area (Å²) in [6.07, 6.45) is 0.798. The van der Waals surface area contributed by atoms with Gasteiger partial charge in [0.1, 0.15) is 5.54 Å². The van der Waals surface area contributed by atoms with Crippen LogP contribution in [0.2, 0.25) is 0 Å². The van der Waals surface area contributed by atoms with Crippen LogP contribution >= 0.6 is 0 Å². The Morgan fingerprint density at radius 2 is 2.21 bits per heavy atom. The summed E-state index contributed by atoms with van der Waals surface area (Å²) in [4.78, 5) is 15.7. The topological polar surface area (TPSA) is 73.0 Å². The van der Waals surface area contributed by atoms with Gasteiger partial charge in [-0.2, -0.15) is 5.26 Å². The van der Waals surface area contributed by atoms with E-state index in [9.17, 15) is 4.79 Å². The van der Waals surface area contributed by atoms with Crippen molar-refractivity contribution in [2.45, 2.75) is 25.8 Å². The average molecular weight is 259 g/mol. The standard InChI is InChI=1S/C14H17N3O2/c1-14(2,9-15)17(3)7-6-10-4-5-11-12(8-10)19-13(18)16-11/h4-5,8H,6-7H2,1-3H3,(H,16,18). The average Bonchev–Trinajstić information content (AvgIpc) is 2.74. The first-order valence-corrected chi connectivity index (χ1v) is 6.16. The van der Waals surface area contributed by atoms with Crippen LogP contribution in [0.25, 0.3) is 11.1 Å². The van der Waals surface area contributed by atoms with Gasteiger partial charge < -0.3 is 4.42 Å². The number of hydrogen-bond acceptors (Lipinski definition) is 4. The maximum absolute atomic E-state index is 11.1. The number of hydrogen-bond donors (Lipinski definition) is 1. The van der Waals surface area contributed by atoms with Crippen LogP contribution in [0.3, 0.4) is 0 Å². The number of fused-ring (bicyclic) bond motifs is 1. The maximum atomic E-state index is 11.1. The molecule has 0 unspecified atom stereocenters. The molecule has 0 spiro atoms. The minimum Gasteiger partial charge on any atom is -0.408 e. The number of nitriles is 1. The van der Waals surface area contributed by atoms with E-state index in [-0.39, 0.29) is 0 Å². The lowest BCUT2D eigenvalue weighted by Crippen LogP contribution is -2.40. The first-order chi connectivity index (χ1) is 8.92. The Morgan fingerprint density at radius 3 is 2.89 bits per heavy atom. The van der Waals surface area contributed by atoms with Gasteiger partial charge in [0.25, 0.3) is 0 Å². The second kappa shape index (κ2) is 4.90. The first kappa shape index (κ1) is 13.4. The second-order valence-electron chi connectivity index (χ2n) is 5.19. The third kappa shape index (κ3) is 2.85. The lowest BCUT2D eigenvalue weighted by molar-refractivity contribution is 0.214. The molecule has 0 amide bonds. The molecular formula is C14H17N3O2. The zero-order chi connectivity index (χ0) is 14.0. The van der Waals surface area contributed by atoms with Crippen LogP contribution in [-0.2, 0) is 6.42 Å². The Kier molecular flexibility index (Phi) is 3.45. The predicted octanol–water partition coefficient (Wildman–Crippen LogP) is 1.90. The molecule has 0 aliphatic carbocycles. The van der Waals surface area contributed by atoms with Gasteiger partial charge in [0.2, 0.25) is 0 Å². The lowest BCUT2D eigenvalue weighted by Gasteiger charge is -2.28. The predicted molar refractivity (Wildman–Crippen MR) is 72.9 cm³/mol. The van der Waals surface area contributed by atoms with Crippen molar-refractivity contribution in [1.29, 1.82) is 5.26 Å². The molecule has 5 heteroatoms. The third-order valence-corrected chi connectivity index (χ3v) is 3.45. The Hall–Kier alpha value is -2.06. The number of rotatable bonds is 4. The van der Waals surface area contributed by atoms with Crippen molar-refractivity contribution in [3.8, 4) is 6.07 Å². The molecule has 2 rings (SSSR count). The van der Waals surface area contributed by atoms with E-state index in [0.717, 1.165) is 18.5 Å². The molecule has 5 nitrogen and oxygen atoms in total. The van der Waals surface area contributed by atoms with E-state index >= 15 is 0 Å². The molecule has 100 valence electrons. The zero-order valence-corrected chi connectivity index (χ0v) is 11.4. The molecule has 0 bridgehead atoms. The number of aromatic amines is 1. The van der Waals surface area contributed by atoms with Crippen molar-refractivity contribution in [3.63, 3.8) is 0 Å². The maximum Gasteiger partial charge on any atom is 0.417 e. The number of benzene rings is 1. The van der Waals surface area contributed by atoms with E-state index in [1.807, 2.05) is 44.0 Å². The van der Waals surface area contributed by atoms with Crippen LogP contribution in [0.4, 0.5) is 0 Å². The molecule has 0 aliphatic rings. The van der Waals surface area contributed by atoms with Crippen LogP contribution in [-0.4, -0.2) is 29.0 Å². The van der Waals surface area contributed by atoms with Gasteiger partial charge in [-0.25, -0.2) is 4.79 Å². The van der Waals surface area contributed by atoms with E-state index in [2.05, 4.69) is 11.1 Å². The summed E-state index contributed by atoms with van der Waals surface area (Å²) in [5, 5.41) is 9.06. The summed E-state index contributed by atoms with van der Waals surface area (Å²) in [5.74, 6) is -0.435. The molecule has 0 fully saturated rings. The van der Waals surface area contributed by atoms with Crippen molar-refractivity contribution in [2.24, 2.45) is 0 Å². The van der Waals surface area contributed by atoms with Gasteiger partial charge in [0, 0.05) is 6.54 Å².